The summed E-state index contributed by atoms with van der Waals surface area (Å²) in [5.41, 5.74) is 1.15. The minimum Gasteiger partial charge on any atom is -0.342 e. The zero-order valence-corrected chi connectivity index (χ0v) is 12.9. The Hall–Kier alpha value is -1.88. The van der Waals surface area contributed by atoms with Crippen molar-refractivity contribution in [3.05, 3.63) is 35.4 Å². The second kappa shape index (κ2) is 6.72. The van der Waals surface area contributed by atoms with Gasteiger partial charge in [0.15, 0.2) is 0 Å². The summed E-state index contributed by atoms with van der Waals surface area (Å²) < 4.78 is 0. The summed E-state index contributed by atoms with van der Waals surface area (Å²) in [6.07, 6.45) is 0. The Labute approximate surface area is 125 Å². The van der Waals surface area contributed by atoms with Gasteiger partial charge in [-0.1, -0.05) is 6.07 Å². The van der Waals surface area contributed by atoms with Crippen LogP contribution in [0.5, 0.6) is 0 Å². The number of hydrogen-bond acceptors (Lipinski definition) is 3. The second-order valence-corrected chi connectivity index (χ2v) is 5.51. The SMILES string of the molecule is CCN(C)C(=O)c1cccc(C(=O)N2CCNC(C)C2)c1. The minimum atomic E-state index is -0.0548. The molecular weight excluding hydrogens is 266 g/mol. The molecule has 1 N–H and O–H groups in total. The molecule has 1 unspecified atom stereocenters. The van der Waals surface area contributed by atoms with Crippen molar-refractivity contribution in [2.24, 2.45) is 0 Å². The van der Waals surface area contributed by atoms with Gasteiger partial charge in [0.2, 0.25) is 0 Å². The molecule has 1 atom stereocenters. The van der Waals surface area contributed by atoms with E-state index in [1.807, 2.05) is 11.8 Å². The summed E-state index contributed by atoms with van der Waals surface area (Å²) in [7, 11) is 1.76. The highest BCUT2D eigenvalue weighted by Crippen LogP contribution is 2.12. The number of carbonyl (C=O) groups is 2. The average molecular weight is 289 g/mol. The van der Waals surface area contributed by atoms with Crippen molar-refractivity contribution in [2.75, 3.05) is 33.2 Å². The average Bonchev–Trinajstić information content (AvgIpc) is 2.52. The van der Waals surface area contributed by atoms with Crippen molar-refractivity contribution in [2.45, 2.75) is 19.9 Å². The fraction of sp³-hybridized carbons (Fsp3) is 0.500. The predicted octanol–water partition coefficient (Wildman–Crippen LogP) is 1.21. The fourth-order valence-corrected chi connectivity index (χ4v) is 2.45. The quantitative estimate of drug-likeness (QED) is 0.910. The topological polar surface area (TPSA) is 52.7 Å². The number of carbonyl (C=O) groups excluding carboxylic acids is 2. The first kappa shape index (κ1) is 15.5. The molecule has 0 aromatic heterocycles. The molecule has 1 aromatic carbocycles. The smallest absolute Gasteiger partial charge is 0.253 e. The Balaban J connectivity index is 2.16. The molecule has 0 bridgehead atoms. The third kappa shape index (κ3) is 3.61. The summed E-state index contributed by atoms with van der Waals surface area (Å²) in [4.78, 5) is 28.2. The maximum absolute atomic E-state index is 12.5. The molecular formula is C16H23N3O2. The summed E-state index contributed by atoms with van der Waals surface area (Å²) >= 11 is 0. The van der Waals surface area contributed by atoms with Crippen molar-refractivity contribution in [1.82, 2.24) is 15.1 Å². The van der Waals surface area contributed by atoms with Gasteiger partial charge in [-0.05, 0) is 32.0 Å². The van der Waals surface area contributed by atoms with Gasteiger partial charge < -0.3 is 15.1 Å². The molecule has 2 rings (SSSR count). The van der Waals surface area contributed by atoms with E-state index in [1.54, 1.807) is 36.2 Å². The molecule has 1 saturated heterocycles. The summed E-state index contributed by atoms with van der Waals surface area (Å²) in [5.74, 6) is -0.0574. The number of piperazine rings is 1. The van der Waals surface area contributed by atoms with Gasteiger partial charge in [0, 0.05) is 50.4 Å². The lowest BCUT2D eigenvalue weighted by Crippen LogP contribution is -2.51. The van der Waals surface area contributed by atoms with Gasteiger partial charge >= 0.3 is 0 Å². The lowest BCUT2D eigenvalue weighted by atomic mass is 10.1. The number of benzene rings is 1. The molecule has 1 aliphatic rings. The Morgan fingerprint density at radius 1 is 1.38 bits per heavy atom. The summed E-state index contributed by atoms with van der Waals surface area (Å²) in [6, 6.07) is 7.31. The summed E-state index contributed by atoms with van der Waals surface area (Å²) in [5, 5.41) is 3.32. The van der Waals surface area contributed by atoms with E-state index >= 15 is 0 Å². The van der Waals surface area contributed by atoms with Gasteiger partial charge in [-0.25, -0.2) is 0 Å². The minimum absolute atomic E-state index is 0.00264. The third-order valence-electron chi connectivity index (χ3n) is 3.83. The van der Waals surface area contributed by atoms with E-state index in [0.29, 0.717) is 36.8 Å². The molecule has 1 aliphatic heterocycles. The number of hydrogen-bond donors (Lipinski definition) is 1. The molecule has 1 heterocycles. The molecule has 0 radical (unpaired) electrons. The van der Waals surface area contributed by atoms with E-state index in [2.05, 4.69) is 12.2 Å². The van der Waals surface area contributed by atoms with Gasteiger partial charge in [0.25, 0.3) is 11.8 Å². The summed E-state index contributed by atoms with van der Waals surface area (Å²) in [6.45, 7) is 6.85. The van der Waals surface area contributed by atoms with Crippen LogP contribution in [0.2, 0.25) is 0 Å². The zero-order chi connectivity index (χ0) is 15.4. The number of amides is 2. The Kier molecular flexibility index (Phi) is 4.96. The van der Waals surface area contributed by atoms with Crippen LogP contribution in [-0.2, 0) is 0 Å². The zero-order valence-electron chi connectivity index (χ0n) is 12.9. The van der Waals surface area contributed by atoms with E-state index < -0.39 is 0 Å². The number of nitrogens with zero attached hydrogens (tertiary/aromatic N) is 2. The van der Waals surface area contributed by atoms with Crippen LogP contribution in [0.15, 0.2) is 24.3 Å². The van der Waals surface area contributed by atoms with E-state index in [4.69, 9.17) is 0 Å². The predicted molar refractivity (Wildman–Crippen MR) is 82.4 cm³/mol. The molecule has 1 fully saturated rings. The monoisotopic (exact) mass is 289 g/mol. The fourth-order valence-electron chi connectivity index (χ4n) is 2.45. The highest BCUT2D eigenvalue weighted by molar-refractivity contribution is 5.99. The first-order valence-corrected chi connectivity index (χ1v) is 7.41. The van der Waals surface area contributed by atoms with Crippen LogP contribution in [-0.4, -0.2) is 60.9 Å². The van der Waals surface area contributed by atoms with Crippen LogP contribution in [0.3, 0.4) is 0 Å². The molecule has 0 spiro atoms. The van der Waals surface area contributed by atoms with E-state index in [1.165, 1.54) is 0 Å². The van der Waals surface area contributed by atoms with Crippen molar-refractivity contribution in [1.29, 1.82) is 0 Å². The maximum Gasteiger partial charge on any atom is 0.253 e. The molecule has 21 heavy (non-hydrogen) atoms. The normalized spacial score (nSPS) is 18.4. The molecule has 2 amide bonds. The van der Waals surface area contributed by atoms with Gasteiger partial charge in [-0.15, -0.1) is 0 Å². The van der Waals surface area contributed by atoms with Crippen LogP contribution in [0.4, 0.5) is 0 Å². The molecule has 0 saturated carbocycles. The Bertz CT molecular complexity index is 530. The van der Waals surface area contributed by atoms with Crippen LogP contribution in [0, 0.1) is 0 Å². The van der Waals surface area contributed by atoms with Crippen molar-refractivity contribution < 1.29 is 9.59 Å². The van der Waals surface area contributed by atoms with E-state index in [-0.39, 0.29) is 11.8 Å². The van der Waals surface area contributed by atoms with Gasteiger partial charge in [-0.2, -0.15) is 0 Å². The van der Waals surface area contributed by atoms with Gasteiger partial charge in [0.05, 0.1) is 0 Å². The van der Waals surface area contributed by atoms with E-state index in [0.717, 1.165) is 6.54 Å². The molecule has 114 valence electrons. The first-order chi connectivity index (χ1) is 10.0. The standard InChI is InChI=1S/C16H23N3O2/c1-4-18(3)15(20)13-6-5-7-14(10-13)16(21)19-9-8-17-12(2)11-19/h5-7,10,12,17H,4,8-9,11H2,1-3H3. The van der Waals surface area contributed by atoms with Crippen LogP contribution in [0.1, 0.15) is 34.6 Å². The lowest BCUT2D eigenvalue weighted by Gasteiger charge is -2.32. The van der Waals surface area contributed by atoms with Crippen molar-refractivity contribution in [3.63, 3.8) is 0 Å². The molecule has 0 aliphatic carbocycles. The first-order valence-electron chi connectivity index (χ1n) is 7.41. The maximum atomic E-state index is 12.5. The van der Waals surface area contributed by atoms with Crippen molar-refractivity contribution >= 4 is 11.8 Å². The highest BCUT2D eigenvalue weighted by atomic mass is 16.2. The lowest BCUT2D eigenvalue weighted by molar-refractivity contribution is 0.0709. The number of rotatable bonds is 3. The Morgan fingerprint density at radius 2 is 2.10 bits per heavy atom. The van der Waals surface area contributed by atoms with Gasteiger partial charge in [0.1, 0.15) is 0 Å². The van der Waals surface area contributed by atoms with Gasteiger partial charge in [-0.3, -0.25) is 9.59 Å². The number of nitrogens with one attached hydrogen (secondary N) is 1. The highest BCUT2D eigenvalue weighted by Gasteiger charge is 2.22. The van der Waals surface area contributed by atoms with Crippen molar-refractivity contribution in [3.8, 4) is 0 Å². The van der Waals surface area contributed by atoms with Crippen LogP contribution in [0.25, 0.3) is 0 Å². The van der Waals surface area contributed by atoms with E-state index in [9.17, 15) is 9.59 Å². The third-order valence-corrected chi connectivity index (χ3v) is 3.83. The van der Waals surface area contributed by atoms with Crippen LogP contribution < -0.4 is 5.32 Å². The molecule has 5 heteroatoms. The molecule has 5 nitrogen and oxygen atoms in total. The molecule has 1 aromatic rings. The largest absolute Gasteiger partial charge is 0.342 e. The van der Waals surface area contributed by atoms with Crippen LogP contribution >= 0.6 is 0 Å². The Morgan fingerprint density at radius 3 is 2.76 bits per heavy atom. The second-order valence-electron chi connectivity index (χ2n) is 5.51.